The van der Waals surface area contributed by atoms with E-state index in [0.29, 0.717) is 0 Å². The molecule has 0 aliphatic heterocycles. The molecule has 0 unspecified atom stereocenters. The second kappa shape index (κ2) is 4.52. The summed E-state index contributed by atoms with van der Waals surface area (Å²) in [6.07, 6.45) is 2.30. The van der Waals surface area contributed by atoms with Gasteiger partial charge in [0, 0.05) is 4.91 Å². The molecule has 0 saturated heterocycles. The fraction of sp³-hybridized carbons (Fsp3) is 0.333. The molecule has 8 heteroatoms. The van der Waals surface area contributed by atoms with Gasteiger partial charge in [-0.2, -0.15) is 4.40 Å². The third-order valence-electron chi connectivity index (χ3n) is 2.07. The van der Waals surface area contributed by atoms with Crippen molar-refractivity contribution in [3.8, 4) is 0 Å². The van der Waals surface area contributed by atoms with E-state index in [1.54, 1.807) is 0 Å². The summed E-state index contributed by atoms with van der Waals surface area (Å²) < 4.78 is 25.6. The number of hydrogen-bond acceptors (Lipinski definition) is 4. The van der Waals surface area contributed by atoms with Crippen molar-refractivity contribution in [3.05, 3.63) is 33.4 Å². The van der Waals surface area contributed by atoms with Crippen molar-refractivity contribution in [1.29, 1.82) is 0 Å². The molecule has 1 rings (SSSR count). The molecule has 0 aromatic heterocycles. The van der Waals surface area contributed by atoms with Gasteiger partial charge >= 0.3 is 0 Å². The van der Waals surface area contributed by atoms with E-state index in [1.165, 1.54) is 19.9 Å². The van der Waals surface area contributed by atoms with Gasteiger partial charge in [-0.05, 0) is 36.6 Å². The zero-order valence-corrected chi connectivity index (χ0v) is 10.3. The third kappa shape index (κ3) is 3.02. The van der Waals surface area contributed by atoms with Crippen LogP contribution in [-0.4, -0.2) is 26.2 Å². The standard InChI is InChI=1S/C9H10N4O3S/c1-5-4-7(12-17(3,15)16)6(2)8(9(5)14)11-13-10/h4H,1-3H3. The molecule has 0 bridgehead atoms. The molecule has 0 heterocycles. The summed E-state index contributed by atoms with van der Waals surface area (Å²) in [6.45, 7) is 2.98. The first-order valence-electron chi connectivity index (χ1n) is 4.55. The summed E-state index contributed by atoms with van der Waals surface area (Å²) in [6, 6.07) is 0. The smallest absolute Gasteiger partial charge is 0.250 e. The van der Waals surface area contributed by atoms with Crippen LogP contribution in [0, 0.1) is 0 Å². The van der Waals surface area contributed by atoms with Crippen molar-refractivity contribution in [2.24, 2.45) is 9.51 Å². The molecule has 1 aliphatic rings. The van der Waals surface area contributed by atoms with Gasteiger partial charge in [0.05, 0.1) is 17.7 Å². The Morgan fingerprint density at radius 3 is 2.41 bits per heavy atom. The largest absolute Gasteiger partial charge is 0.289 e. The molecule has 0 radical (unpaired) electrons. The lowest BCUT2D eigenvalue weighted by molar-refractivity contribution is -0.112. The molecule has 0 N–H and O–H groups in total. The van der Waals surface area contributed by atoms with Crippen molar-refractivity contribution in [2.45, 2.75) is 13.8 Å². The second-order valence-electron chi connectivity index (χ2n) is 3.53. The summed E-state index contributed by atoms with van der Waals surface area (Å²) in [7, 11) is -3.57. The third-order valence-corrected chi connectivity index (χ3v) is 2.60. The topological polar surface area (TPSA) is 112 Å². The minimum atomic E-state index is -3.57. The van der Waals surface area contributed by atoms with E-state index in [0.717, 1.165) is 6.26 Å². The lowest BCUT2D eigenvalue weighted by Crippen LogP contribution is -2.16. The minimum absolute atomic E-state index is 0.116. The molecule has 0 atom stereocenters. The molecule has 0 aromatic rings. The van der Waals surface area contributed by atoms with Crippen LogP contribution in [0.25, 0.3) is 10.4 Å². The van der Waals surface area contributed by atoms with Crippen molar-refractivity contribution >= 4 is 21.5 Å². The number of Topliss-reactive ketones (excluding diaryl/α,β-unsaturated/α-hetero) is 1. The van der Waals surface area contributed by atoms with Crippen LogP contribution < -0.4 is 0 Å². The summed E-state index contributed by atoms with van der Waals surface area (Å²) in [4.78, 5) is 14.2. The summed E-state index contributed by atoms with van der Waals surface area (Å²) in [5.74, 6) is -0.423. The maximum Gasteiger partial charge on any atom is 0.250 e. The molecule has 7 nitrogen and oxygen atoms in total. The molecule has 0 aromatic carbocycles. The number of hydrogen-bond donors (Lipinski definition) is 0. The van der Waals surface area contributed by atoms with Gasteiger partial charge in [0.25, 0.3) is 10.0 Å². The molecular formula is C9H10N4O3S. The minimum Gasteiger partial charge on any atom is -0.289 e. The zero-order valence-electron chi connectivity index (χ0n) is 9.50. The van der Waals surface area contributed by atoms with Gasteiger partial charge in [0.2, 0.25) is 0 Å². The zero-order chi connectivity index (χ0) is 13.2. The highest BCUT2D eigenvalue weighted by Crippen LogP contribution is 2.21. The maximum absolute atomic E-state index is 11.6. The predicted octanol–water partition coefficient (Wildman–Crippen LogP) is 1.50. The van der Waals surface area contributed by atoms with Crippen LogP contribution in [0.4, 0.5) is 0 Å². The number of sulfonamides is 1. The van der Waals surface area contributed by atoms with E-state index < -0.39 is 15.8 Å². The van der Waals surface area contributed by atoms with Gasteiger partial charge in [-0.1, -0.05) is 5.11 Å². The number of carbonyl (C=O) groups excluding carboxylic acids is 1. The highest BCUT2D eigenvalue weighted by molar-refractivity contribution is 7.89. The molecule has 0 saturated carbocycles. The highest BCUT2D eigenvalue weighted by atomic mass is 32.2. The predicted molar refractivity (Wildman–Crippen MR) is 62.9 cm³/mol. The van der Waals surface area contributed by atoms with Crippen molar-refractivity contribution in [1.82, 2.24) is 0 Å². The Morgan fingerprint density at radius 1 is 1.35 bits per heavy atom. The van der Waals surface area contributed by atoms with Crippen LogP contribution in [-0.2, 0) is 14.8 Å². The van der Waals surface area contributed by atoms with E-state index in [1.807, 2.05) is 0 Å². The van der Waals surface area contributed by atoms with E-state index in [9.17, 15) is 13.2 Å². The van der Waals surface area contributed by atoms with Crippen LogP contribution in [0.3, 0.4) is 0 Å². The first-order chi connectivity index (χ1) is 7.76. The SMILES string of the molecule is CC1=CC(=NS(C)(=O)=O)C(C)=C(N=[N+]=[N-])C1=O. The van der Waals surface area contributed by atoms with Crippen molar-refractivity contribution in [2.75, 3.05) is 6.26 Å². The summed E-state index contributed by atoms with van der Waals surface area (Å²) >= 11 is 0. The lowest BCUT2D eigenvalue weighted by Gasteiger charge is -2.13. The molecule has 0 fully saturated rings. The number of allylic oxidation sites excluding steroid dienone is 3. The van der Waals surface area contributed by atoms with Gasteiger partial charge in [0.1, 0.15) is 0 Å². The molecule has 0 spiro atoms. The fourth-order valence-corrected chi connectivity index (χ4v) is 1.84. The number of nitrogens with zero attached hydrogens (tertiary/aromatic N) is 4. The molecular weight excluding hydrogens is 244 g/mol. The quantitative estimate of drug-likeness (QED) is 0.322. The molecule has 17 heavy (non-hydrogen) atoms. The van der Waals surface area contributed by atoms with Gasteiger partial charge in [-0.25, -0.2) is 8.42 Å². The van der Waals surface area contributed by atoms with E-state index >= 15 is 0 Å². The Labute approximate surface area is 98.2 Å². The van der Waals surface area contributed by atoms with Crippen molar-refractivity contribution in [3.63, 3.8) is 0 Å². The average molecular weight is 254 g/mol. The maximum atomic E-state index is 11.6. The molecule has 0 amide bonds. The Bertz CT molecular complexity index is 619. The van der Waals surface area contributed by atoms with E-state index in [2.05, 4.69) is 14.4 Å². The van der Waals surface area contributed by atoms with Gasteiger partial charge in [-0.3, -0.25) is 4.79 Å². The number of rotatable bonds is 2. The number of azide groups is 1. The number of carbonyl (C=O) groups is 1. The summed E-state index contributed by atoms with van der Waals surface area (Å²) in [5, 5.41) is 3.27. The van der Waals surface area contributed by atoms with Gasteiger partial charge in [0.15, 0.2) is 5.78 Å². The number of ketones is 1. The normalized spacial score (nSPS) is 19.1. The average Bonchev–Trinajstić information content (AvgIpc) is 2.19. The fourth-order valence-electron chi connectivity index (χ4n) is 1.30. The van der Waals surface area contributed by atoms with Crippen LogP contribution in [0.2, 0.25) is 0 Å². The van der Waals surface area contributed by atoms with Crippen LogP contribution >= 0.6 is 0 Å². The first-order valence-corrected chi connectivity index (χ1v) is 6.40. The van der Waals surface area contributed by atoms with E-state index in [4.69, 9.17) is 5.53 Å². The Balaban J connectivity index is 3.50. The van der Waals surface area contributed by atoms with Crippen LogP contribution in [0.1, 0.15) is 13.8 Å². The lowest BCUT2D eigenvalue weighted by atomic mass is 9.96. The van der Waals surface area contributed by atoms with Crippen LogP contribution in [0.5, 0.6) is 0 Å². The first kappa shape index (κ1) is 13.1. The highest BCUT2D eigenvalue weighted by Gasteiger charge is 2.22. The summed E-state index contributed by atoms with van der Waals surface area (Å²) in [5.41, 5.74) is 8.89. The van der Waals surface area contributed by atoms with Gasteiger partial charge < -0.3 is 0 Å². The Kier molecular flexibility index (Phi) is 3.50. The van der Waals surface area contributed by atoms with Crippen LogP contribution in [0.15, 0.2) is 32.4 Å². The van der Waals surface area contributed by atoms with Gasteiger partial charge in [-0.15, -0.1) is 0 Å². The van der Waals surface area contributed by atoms with E-state index in [-0.39, 0.29) is 22.6 Å². The Hall–Kier alpha value is -1.92. The monoisotopic (exact) mass is 254 g/mol. The second-order valence-corrected chi connectivity index (χ2v) is 5.18. The Morgan fingerprint density at radius 2 is 1.94 bits per heavy atom. The molecule has 1 aliphatic carbocycles. The van der Waals surface area contributed by atoms with Crippen molar-refractivity contribution < 1.29 is 13.2 Å². The molecule has 90 valence electrons.